The molecule has 0 saturated carbocycles. The summed E-state index contributed by atoms with van der Waals surface area (Å²) in [5, 5.41) is 0. The van der Waals surface area contributed by atoms with Gasteiger partial charge < -0.3 is 10.6 Å². The average molecular weight is 328 g/mol. The van der Waals surface area contributed by atoms with E-state index in [9.17, 15) is 4.39 Å². The normalized spacial score (nSPS) is 24.5. The number of hydrogen-bond acceptors (Lipinski definition) is 3. The Bertz CT molecular complexity index is 517. The van der Waals surface area contributed by atoms with Crippen LogP contribution >= 0.6 is 15.9 Å². The van der Waals surface area contributed by atoms with Crippen LogP contribution in [0.3, 0.4) is 0 Å². The second-order valence-corrected chi connectivity index (χ2v) is 6.12. The number of aliphatic imine (C=N–C) groups is 1. The minimum absolute atomic E-state index is 0.217. The van der Waals surface area contributed by atoms with Crippen molar-refractivity contribution < 1.29 is 4.39 Å². The van der Waals surface area contributed by atoms with Crippen LogP contribution in [0.4, 0.5) is 4.39 Å². The van der Waals surface area contributed by atoms with Crippen molar-refractivity contribution in [1.82, 2.24) is 4.90 Å². The lowest BCUT2D eigenvalue weighted by Gasteiger charge is -2.40. The van der Waals surface area contributed by atoms with Crippen LogP contribution in [-0.2, 0) is 5.54 Å². The number of halogens is 2. The molecular weight excluding hydrogens is 309 g/mol. The van der Waals surface area contributed by atoms with Crippen molar-refractivity contribution in [3.8, 4) is 0 Å². The summed E-state index contributed by atoms with van der Waals surface area (Å²) in [6, 6.07) is 5.22. The molecule has 1 aromatic rings. The molecule has 19 heavy (non-hydrogen) atoms. The van der Waals surface area contributed by atoms with E-state index < -0.39 is 5.54 Å². The number of guanidine groups is 1. The molecule has 1 heterocycles. The van der Waals surface area contributed by atoms with E-state index in [1.807, 2.05) is 17.9 Å². The smallest absolute Gasteiger partial charge is 0.192 e. The Hall–Kier alpha value is -1.10. The summed E-state index contributed by atoms with van der Waals surface area (Å²) in [4.78, 5) is 6.35. The van der Waals surface area contributed by atoms with Crippen molar-refractivity contribution in [3.63, 3.8) is 0 Å². The van der Waals surface area contributed by atoms with Crippen molar-refractivity contribution in [2.75, 3.05) is 6.54 Å². The lowest BCUT2D eigenvalue weighted by Crippen LogP contribution is -2.52. The maximum Gasteiger partial charge on any atom is 0.192 e. The summed E-state index contributed by atoms with van der Waals surface area (Å²) in [7, 11) is 0. The van der Waals surface area contributed by atoms with Crippen LogP contribution in [0.2, 0.25) is 0 Å². The molecule has 0 aliphatic carbocycles. The molecule has 2 N–H and O–H groups in total. The first-order valence-electron chi connectivity index (χ1n) is 6.45. The first-order chi connectivity index (χ1) is 8.90. The first kappa shape index (κ1) is 14.3. The Morgan fingerprint density at radius 2 is 2.26 bits per heavy atom. The molecule has 0 saturated heterocycles. The standard InChI is InChI=1S/C14H19BrFN3/c1-4-9(2)19-13(17)18-8-14(19,3)11-7-10(15)5-6-12(11)16/h5-7,9H,4,8H2,1-3H3,(H2,17,18). The fraction of sp³-hybridized carbons (Fsp3) is 0.500. The summed E-state index contributed by atoms with van der Waals surface area (Å²) in [5.41, 5.74) is 6.11. The van der Waals surface area contributed by atoms with Gasteiger partial charge in [-0.25, -0.2) is 4.39 Å². The molecule has 104 valence electrons. The highest BCUT2D eigenvalue weighted by Gasteiger charge is 2.43. The maximum atomic E-state index is 14.2. The largest absolute Gasteiger partial charge is 0.370 e. The van der Waals surface area contributed by atoms with Gasteiger partial charge in [-0.3, -0.25) is 4.99 Å². The summed E-state index contributed by atoms with van der Waals surface area (Å²) >= 11 is 3.40. The molecule has 0 amide bonds. The molecule has 3 nitrogen and oxygen atoms in total. The van der Waals surface area contributed by atoms with Gasteiger partial charge in [0.15, 0.2) is 5.96 Å². The lowest BCUT2D eigenvalue weighted by atomic mass is 9.89. The maximum absolute atomic E-state index is 14.2. The van der Waals surface area contributed by atoms with Gasteiger partial charge in [-0.1, -0.05) is 22.9 Å². The molecule has 2 atom stereocenters. The fourth-order valence-corrected chi connectivity index (χ4v) is 3.02. The third-order valence-corrected chi connectivity index (χ3v) is 4.36. The van der Waals surface area contributed by atoms with Gasteiger partial charge in [0.2, 0.25) is 0 Å². The average Bonchev–Trinajstić information content (AvgIpc) is 2.68. The number of rotatable bonds is 3. The first-order valence-corrected chi connectivity index (χ1v) is 7.24. The second-order valence-electron chi connectivity index (χ2n) is 5.20. The third-order valence-electron chi connectivity index (χ3n) is 3.87. The Labute approximate surface area is 121 Å². The summed E-state index contributed by atoms with van der Waals surface area (Å²) in [6.07, 6.45) is 0.932. The number of benzene rings is 1. The molecule has 1 aliphatic rings. The van der Waals surface area contributed by atoms with Crippen LogP contribution in [0, 0.1) is 5.82 Å². The summed E-state index contributed by atoms with van der Waals surface area (Å²) in [6.45, 7) is 6.65. The van der Waals surface area contributed by atoms with Crippen LogP contribution in [-0.4, -0.2) is 23.4 Å². The summed E-state index contributed by atoms with van der Waals surface area (Å²) in [5.74, 6) is 0.278. The van der Waals surface area contributed by atoms with Gasteiger partial charge in [0.1, 0.15) is 5.82 Å². The van der Waals surface area contributed by atoms with Crippen LogP contribution in [0.15, 0.2) is 27.7 Å². The second kappa shape index (κ2) is 5.12. The van der Waals surface area contributed by atoms with Gasteiger partial charge in [-0.05, 0) is 38.5 Å². The molecule has 1 aromatic carbocycles. The molecule has 1 aliphatic heterocycles. The van der Waals surface area contributed by atoms with Crippen LogP contribution in [0.5, 0.6) is 0 Å². The molecule has 2 unspecified atom stereocenters. The van der Waals surface area contributed by atoms with Gasteiger partial charge in [-0.15, -0.1) is 0 Å². The predicted octanol–water partition coefficient (Wildman–Crippen LogP) is 3.23. The molecule has 0 bridgehead atoms. The SMILES string of the molecule is CCC(C)N1C(N)=NCC1(C)c1cc(Br)ccc1F. The highest BCUT2D eigenvalue weighted by Crippen LogP contribution is 2.37. The van der Waals surface area contributed by atoms with Crippen LogP contribution < -0.4 is 5.73 Å². The van der Waals surface area contributed by atoms with E-state index in [2.05, 4.69) is 34.8 Å². The zero-order chi connectivity index (χ0) is 14.2. The van der Waals surface area contributed by atoms with Gasteiger partial charge in [-0.2, -0.15) is 0 Å². The topological polar surface area (TPSA) is 41.6 Å². The molecule has 2 rings (SSSR count). The zero-order valence-electron chi connectivity index (χ0n) is 11.5. The Kier molecular flexibility index (Phi) is 3.85. The zero-order valence-corrected chi connectivity index (χ0v) is 13.0. The fourth-order valence-electron chi connectivity index (χ4n) is 2.66. The van der Waals surface area contributed by atoms with Crippen LogP contribution in [0.1, 0.15) is 32.8 Å². The highest BCUT2D eigenvalue weighted by molar-refractivity contribution is 9.10. The minimum atomic E-state index is -0.520. The number of nitrogens with two attached hydrogens (primary N) is 1. The van der Waals surface area contributed by atoms with Crippen molar-refractivity contribution in [3.05, 3.63) is 34.1 Å². The molecule has 0 aromatic heterocycles. The summed E-state index contributed by atoms with van der Waals surface area (Å²) < 4.78 is 15.1. The number of hydrogen-bond donors (Lipinski definition) is 1. The van der Waals surface area contributed by atoms with Crippen molar-refractivity contribution >= 4 is 21.9 Å². The Morgan fingerprint density at radius 3 is 2.89 bits per heavy atom. The molecule has 0 spiro atoms. The number of nitrogens with zero attached hydrogens (tertiary/aromatic N) is 2. The van der Waals surface area contributed by atoms with E-state index in [4.69, 9.17) is 5.73 Å². The minimum Gasteiger partial charge on any atom is -0.370 e. The predicted molar refractivity (Wildman–Crippen MR) is 79.5 cm³/mol. The molecule has 5 heteroatoms. The van der Waals surface area contributed by atoms with Crippen molar-refractivity contribution in [2.45, 2.75) is 38.8 Å². The van der Waals surface area contributed by atoms with E-state index in [1.165, 1.54) is 6.07 Å². The van der Waals surface area contributed by atoms with Crippen LogP contribution in [0.25, 0.3) is 0 Å². The molecule has 0 fully saturated rings. The lowest BCUT2D eigenvalue weighted by molar-refractivity contribution is 0.167. The van der Waals surface area contributed by atoms with Gasteiger partial charge in [0.05, 0.1) is 12.1 Å². The van der Waals surface area contributed by atoms with Crippen molar-refractivity contribution in [2.24, 2.45) is 10.7 Å². The monoisotopic (exact) mass is 327 g/mol. The quantitative estimate of drug-likeness (QED) is 0.926. The highest BCUT2D eigenvalue weighted by atomic mass is 79.9. The van der Waals surface area contributed by atoms with Gasteiger partial charge >= 0.3 is 0 Å². The Balaban J connectivity index is 2.50. The van der Waals surface area contributed by atoms with E-state index in [-0.39, 0.29) is 11.9 Å². The molecular formula is C14H19BrFN3. The molecule has 0 radical (unpaired) electrons. The van der Waals surface area contributed by atoms with Crippen molar-refractivity contribution in [1.29, 1.82) is 0 Å². The van der Waals surface area contributed by atoms with E-state index in [0.717, 1.165) is 10.9 Å². The van der Waals surface area contributed by atoms with E-state index >= 15 is 0 Å². The van der Waals surface area contributed by atoms with E-state index in [1.54, 1.807) is 6.07 Å². The van der Waals surface area contributed by atoms with E-state index in [0.29, 0.717) is 18.1 Å². The van der Waals surface area contributed by atoms with Gasteiger partial charge in [0, 0.05) is 16.1 Å². The third kappa shape index (κ3) is 2.36. The van der Waals surface area contributed by atoms with Gasteiger partial charge in [0.25, 0.3) is 0 Å². The Morgan fingerprint density at radius 1 is 1.58 bits per heavy atom.